The molecule has 1 aliphatic rings. The zero-order chi connectivity index (χ0) is 20.4. The third-order valence-electron chi connectivity index (χ3n) is 5.39. The maximum atomic E-state index is 11.5. The van der Waals surface area contributed by atoms with E-state index in [4.69, 9.17) is 0 Å². The van der Waals surface area contributed by atoms with Crippen molar-refractivity contribution >= 4 is 11.5 Å². The van der Waals surface area contributed by atoms with Gasteiger partial charge in [-0.05, 0) is 31.5 Å². The SMILES string of the molecule is C[C@@H](NCCc1ccc(=O)n(C)c1)[C@H]1CNc2cc(-c3cnn(C)c3)cnc2N1. The minimum absolute atomic E-state index is 0.0189. The lowest BCUT2D eigenvalue weighted by Crippen LogP contribution is -2.48. The maximum Gasteiger partial charge on any atom is 0.250 e. The molecule has 3 N–H and O–H groups in total. The van der Waals surface area contributed by atoms with Gasteiger partial charge >= 0.3 is 0 Å². The number of aryl methyl sites for hydroxylation is 2. The summed E-state index contributed by atoms with van der Waals surface area (Å²) in [5.74, 6) is 0.876. The van der Waals surface area contributed by atoms with Gasteiger partial charge in [-0.1, -0.05) is 6.07 Å². The van der Waals surface area contributed by atoms with Crippen LogP contribution in [0.1, 0.15) is 12.5 Å². The van der Waals surface area contributed by atoms with Crippen molar-refractivity contribution in [3.8, 4) is 11.1 Å². The molecule has 4 rings (SSSR count). The van der Waals surface area contributed by atoms with Crippen LogP contribution in [0.3, 0.4) is 0 Å². The molecule has 2 atom stereocenters. The fourth-order valence-corrected chi connectivity index (χ4v) is 3.58. The van der Waals surface area contributed by atoms with E-state index in [1.54, 1.807) is 22.4 Å². The molecule has 0 amide bonds. The number of anilines is 2. The number of nitrogens with zero attached hydrogens (tertiary/aromatic N) is 4. The fraction of sp³-hybridized carbons (Fsp3) is 0.381. The largest absolute Gasteiger partial charge is 0.380 e. The molecule has 0 saturated carbocycles. The molecule has 8 nitrogen and oxygen atoms in total. The number of nitrogens with one attached hydrogen (secondary N) is 3. The predicted octanol–water partition coefficient (Wildman–Crippen LogP) is 1.61. The van der Waals surface area contributed by atoms with Crippen LogP contribution in [-0.4, -0.2) is 44.5 Å². The van der Waals surface area contributed by atoms with Crippen LogP contribution in [0.5, 0.6) is 0 Å². The minimum Gasteiger partial charge on any atom is -0.380 e. The molecule has 8 heteroatoms. The Balaban J connectivity index is 1.34. The monoisotopic (exact) mass is 393 g/mol. The van der Waals surface area contributed by atoms with E-state index in [0.29, 0.717) is 0 Å². The molecule has 3 aromatic heterocycles. The summed E-state index contributed by atoms with van der Waals surface area (Å²) in [6, 6.07) is 6.13. The highest BCUT2D eigenvalue weighted by Crippen LogP contribution is 2.29. The molecule has 0 bridgehead atoms. The van der Waals surface area contributed by atoms with Gasteiger partial charge in [0.1, 0.15) is 5.82 Å². The lowest BCUT2D eigenvalue weighted by atomic mass is 10.1. The summed E-state index contributed by atoms with van der Waals surface area (Å²) in [4.78, 5) is 16.1. The van der Waals surface area contributed by atoms with Crippen LogP contribution in [-0.2, 0) is 20.5 Å². The van der Waals surface area contributed by atoms with Gasteiger partial charge < -0.3 is 20.5 Å². The van der Waals surface area contributed by atoms with Crippen molar-refractivity contribution in [3.63, 3.8) is 0 Å². The molecule has 152 valence electrons. The van der Waals surface area contributed by atoms with E-state index in [1.165, 1.54) is 0 Å². The van der Waals surface area contributed by atoms with Crippen molar-refractivity contribution in [2.24, 2.45) is 14.1 Å². The van der Waals surface area contributed by atoms with Gasteiger partial charge in [0.2, 0.25) is 5.56 Å². The van der Waals surface area contributed by atoms with Crippen LogP contribution in [0.2, 0.25) is 0 Å². The lowest BCUT2D eigenvalue weighted by molar-refractivity contribution is 0.486. The second kappa shape index (κ2) is 8.08. The van der Waals surface area contributed by atoms with Crippen LogP contribution in [0.4, 0.5) is 11.5 Å². The summed E-state index contributed by atoms with van der Waals surface area (Å²) in [5.41, 5.74) is 4.29. The van der Waals surface area contributed by atoms with Gasteiger partial charge in [0.15, 0.2) is 0 Å². The molecule has 0 unspecified atom stereocenters. The van der Waals surface area contributed by atoms with Crippen LogP contribution >= 0.6 is 0 Å². The van der Waals surface area contributed by atoms with Gasteiger partial charge in [0, 0.05) is 62.5 Å². The molecule has 29 heavy (non-hydrogen) atoms. The van der Waals surface area contributed by atoms with Crippen molar-refractivity contribution in [1.29, 1.82) is 0 Å². The molecule has 0 spiro atoms. The van der Waals surface area contributed by atoms with Gasteiger partial charge in [-0.15, -0.1) is 0 Å². The summed E-state index contributed by atoms with van der Waals surface area (Å²) >= 11 is 0. The van der Waals surface area contributed by atoms with Gasteiger partial charge in [-0.25, -0.2) is 4.98 Å². The number of pyridine rings is 2. The van der Waals surface area contributed by atoms with E-state index in [9.17, 15) is 4.79 Å². The summed E-state index contributed by atoms with van der Waals surface area (Å²) in [7, 11) is 3.69. The van der Waals surface area contributed by atoms with E-state index in [2.05, 4.69) is 39.0 Å². The van der Waals surface area contributed by atoms with E-state index in [0.717, 1.165) is 47.7 Å². The molecule has 0 saturated heterocycles. The van der Waals surface area contributed by atoms with Gasteiger partial charge in [-0.3, -0.25) is 9.48 Å². The summed E-state index contributed by atoms with van der Waals surface area (Å²) in [5, 5.41) is 14.9. The number of fused-ring (bicyclic) bond motifs is 1. The van der Waals surface area contributed by atoms with Crippen molar-refractivity contribution in [2.45, 2.75) is 25.4 Å². The molecule has 1 aliphatic heterocycles. The lowest BCUT2D eigenvalue weighted by Gasteiger charge is -2.32. The van der Waals surface area contributed by atoms with Crippen molar-refractivity contribution in [1.82, 2.24) is 24.6 Å². The molecular weight excluding hydrogens is 366 g/mol. The first kappa shape index (κ1) is 19.2. The first-order valence-corrected chi connectivity index (χ1v) is 9.88. The smallest absolute Gasteiger partial charge is 0.250 e. The molecular formula is C21H27N7O. The van der Waals surface area contributed by atoms with E-state index in [1.807, 2.05) is 37.9 Å². The second-order valence-electron chi connectivity index (χ2n) is 7.63. The Hall–Kier alpha value is -3.13. The molecule has 0 aliphatic carbocycles. The first-order valence-electron chi connectivity index (χ1n) is 9.88. The molecule has 0 radical (unpaired) electrons. The van der Waals surface area contributed by atoms with Gasteiger partial charge in [0.25, 0.3) is 0 Å². The Kier molecular flexibility index (Phi) is 5.35. The van der Waals surface area contributed by atoms with Crippen molar-refractivity contribution in [2.75, 3.05) is 23.7 Å². The highest BCUT2D eigenvalue weighted by molar-refractivity contribution is 5.75. The molecule has 4 heterocycles. The maximum absolute atomic E-state index is 11.5. The van der Waals surface area contributed by atoms with Gasteiger partial charge in [-0.2, -0.15) is 5.10 Å². The summed E-state index contributed by atoms with van der Waals surface area (Å²) in [6.07, 6.45) is 8.49. The Bertz CT molecular complexity index is 1060. The zero-order valence-electron chi connectivity index (χ0n) is 17.0. The standard InChI is InChI=1S/C21H27N7O/c1-14(22-7-6-15-4-5-20(29)27(2)12-15)19-11-23-18-8-16(9-24-21(18)26-19)17-10-25-28(3)13-17/h4-5,8-10,12-14,19,22-23H,6-7,11H2,1-3H3,(H,24,26)/t14-,19-/m1/s1. The van der Waals surface area contributed by atoms with Gasteiger partial charge in [0.05, 0.1) is 17.9 Å². The third kappa shape index (κ3) is 4.32. The fourth-order valence-electron chi connectivity index (χ4n) is 3.58. The van der Waals surface area contributed by atoms with Crippen LogP contribution in [0.15, 0.2) is 47.8 Å². The normalized spacial score (nSPS) is 16.6. The number of hydrogen-bond acceptors (Lipinski definition) is 6. The van der Waals surface area contributed by atoms with Crippen LogP contribution in [0.25, 0.3) is 11.1 Å². The highest BCUT2D eigenvalue weighted by Gasteiger charge is 2.23. The number of aromatic nitrogens is 4. The number of hydrogen-bond donors (Lipinski definition) is 3. The quantitative estimate of drug-likeness (QED) is 0.590. The summed E-state index contributed by atoms with van der Waals surface area (Å²) in [6.45, 7) is 3.84. The Morgan fingerprint density at radius 3 is 2.86 bits per heavy atom. The van der Waals surface area contributed by atoms with E-state index in [-0.39, 0.29) is 17.6 Å². The average Bonchev–Trinajstić information content (AvgIpc) is 3.16. The van der Waals surface area contributed by atoms with Crippen LogP contribution < -0.4 is 21.5 Å². The zero-order valence-corrected chi connectivity index (χ0v) is 17.0. The Morgan fingerprint density at radius 1 is 1.24 bits per heavy atom. The second-order valence-corrected chi connectivity index (χ2v) is 7.63. The number of rotatable bonds is 6. The van der Waals surface area contributed by atoms with Crippen molar-refractivity contribution < 1.29 is 0 Å². The Labute approximate surface area is 170 Å². The van der Waals surface area contributed by atoms with Crippen molar-refractivity contribution in [3.05, 3.63) is 58.9 Å². The first-order chi connectivity index (χ1) is 14.0. The summed E-state index contributed by atoms with van der Waals surface area (Å²) < 4.78 is 3.41. The van der Waals surface area contributed by atoms with E-state index >= 15 is 0 Å². The topological polar surface area (TPSA) is 88.8 Å². The Morgan fingerprint density at radius 2 is 2.10 bits per heavy atom. The van der Waals surface area contributed by atoms with Crippen LogP contribution in [0, 0.1) is 0 Å². The molecule has 0 aromatic carbocycles. The highest BCUT2D eigenvalue weighted by atomic mass is 16.1. The van der Waals surface area contributed by atoms with E-state index < -0.39 is 0 Å². The molecule has 3 aromatic rings. The third-order valence-corrected chi connectivity index (χ3v) is 5.39. The average molecular weight is 393 g/mol. The molecule has 0 fully saturated rings. The minimum atomic E-state index is 0.0189. The predicted molar refractivity (Wildman–Crippen MR) is 115 cm³/mol.